The first kappa shape index (κ1) is 13.4. The van der Waals surface area contributed by atoms with E-state index < -0.39 is 0 Å². The molecular weight excluding hydrogens is 153 g/mol. The summed E-state index contributed by atoms with van der Waals surface area (Å²) < 4.78 is 0. The Hall–Kier alpha value is -0.175. The topological polar surface area (TPSA) is 91.2 Å². The maximum absolute atomic E-state index is 8.15. The molecule has 0 aliphatic heterocycles. The second-order valence-corrected chi connectivity index (χ2v) is 1.23. The summed E-state index contributed by atoms with van der Waals surface area (Å²) in [5, 5.41) is 23.3. The van der Waals surface area contributed by atoms with Gasteiger partial charge in [-0.15, -0.1) is 0 Å². The van der Waals surface area contributed by atoms with Gasteiger partial charge in [-0.25, -0.2) is 0 Å². The molecule has 0 saturated heterocycles. The third-order valence-electron chi connectivity index (χ3n) is 0.505. The van der Waals surface area contributed by atoms with E-state index in [1.807, 2.05) is 0 Å². The van der Waals surface area contributed by atoms with Gasteiger partial charge >= 0.3 is 0 Å². The van der Waals surface area contributed by atoms with Crippen molar-refractivity contribution in [1.29, 1.82) is 0 Å². The number of rotatable bonds is 6. The Balaban J connectivity index is 0. The molecule has 0 spiro atoms. The number of hydrogen-bond acceptors (Lipinski definition) is 6. The van der Waals surface area contributed by atoms with Gasteiger partial charge < -0.3 is 15.2 Å². The lowest BCUT2D eigenvalue weighted by Gasteiger charge is -2.01. The fraction of sp³-hybridized carbons (Fsp3) is 1.00. The average Bonchev–Trinajstić information content (AvgIpc) is 2.08. The molecule has 0 bridgehead atoms. The third kappa shape index (κ3) is 17.7. The standard InChI is InChI=1S/C4H11NO4.BH3O/c6-1-3-8-5-9-4-2-7;1-2/h5-7H,1-4H2;2H,1H2. The summed E-state index contributed by atoms with van der Waals surface area (Å²) in [6.07, 6.45) is 0. The fourth-order valence-corrected chi connectivity index (χ4v) is 0.216. The maximum atomic E-state index is 8.15. The number of nitrogens with one attached hydrogen (secondary N) is 1. The number of aliphatic hydroxyl groups excluding tert-OH is 2. The minimum Gasteiger partial charge on any atom is -0.458 e. The number of aliphatic hydroxyl groups is 2. The zero-order chi connectivity index (χ0) is 8.95. The van der Waals surface area contributed by atoms with Crippen molar-refractivity contribution >= 4 is 8.05 Å². The highest BCUT2D eigenvalue weighted by Gasteiger charge is 1.83. The minimum absolute atomic E-state index is 0.0600. The molecule has 0 fully saturated rings. The molecule has 0 atom stereocenters. The summed E-state index contributed by atoms with van der Waals surface area (Å²) in [5.74, 6) is 0. The van der Waals surface area contributed by atoms with Crippen molar-refractivity contribution in [2.75, 3.05) is 26.4 Å². The van der Waals surface area contributed by atoms with Gasteiger partial charge in [-0.2, -0.15) is 0 Å². The molecule has 0 amide bonds. The van der Waals surface area contributed by atoms with Gasteiger partial charge in [0, 0.05) is 0 Å². The Morgan fingerprint density at radius 2 is 1.36 bits per heavy atom. The van der Waals surface area contributed by atoms with E-state index in [9.17, 15) is 0 Å². The molecular formula is C4H14BNO5. The van der Waals surface area contributed by atoms with Crippen molar-refractivity contribution in [2.24, 2.45) is 0 Å². The van der Waals surface area contributed by atoms with E-state index in [2.05, 4.69) is 15.3 Å². The SMILES string of the molecule is BO.OCCONOCCO. The van der Waals surface area contributed by atoms with Crippen LogP contribution in [0.4, 0.5) is 0 Å². The Morgan fingerprint density at radius 1 is 1.00 bits per heavy atom. The van der Waals surface area contributed by atoms with Crippen molar-refractivity contribution in [1.82, 2.24) is 5.64 Å². The lowest BCUT2D eigenvalue weighted by atomic mass is 10.6. The molecule has 0 aromatic carbocycles. The maximum Gasteiger partial charge on any atom is 0.252 e. The van der Waals surface area contributed by atoms with Crippen LogP contribution < -0.4 is 5.64 Å². The van der Waals surface area contributed by atoms with Crippen molar-refractivity contribution in [3.05, 3.63) is 0 Å². The van der Waals surface area contributed by atoms with E-state index in [4.69, 9.17) is 15.2 Å². The normalized spacial score (nSPS) is 8.64. The molecule has 4 N–H and O–H groups in total. The first-order chi connectivity index (χ1) is 5.41. The number of hydrogen-bond donors (Lipinski definition) is 4. The molecule has 68 valence electrons. The predicted molar refractivity (Wildman–Crippen MR) is 40.0 cm³/mol. The fourth-order valence-electron chi connectivity index (χ4n) is 0.216. The second-order valence-electron chi connectivity index (χ2n) is 1.23. The van der Waals surface area contributed by atoms with Crippen molar-refractivity contribution in [2.45, 2.75) is 0 Å². The van der Waals surface area contributed by atoms with E-state index >= 15 is 0 Å². The Labute approximate surface area is 66.1 Å². The van der Waals surface area contributed by atoms with E-state index in [0.717, 1.165) is 8.05 Å². The van der Waals surface area contributed by atoms with Gasteiger partial charge in [0.25, 0.3) is 8.05 Å². The predicted octanol–water partition coefficient (Wildman–Crippen LogP) is -3.05. The smallest absolute Gasteiger partial charge is 0.252 e. The molecule has 0 aliphatic carbocycles. The molecule has 0 aromatic heterocycles. The van der Waals surface area contributed by atoms with E-state index in [1.165, 1.54) is 0 Å². The summed E-state index contributed by atoms with van der Waals surface area (Å²) in [5.41, 5.74) is 2.07. The van der Waals surface area contributed by atoms with Crippen molar-refractivity contribution in [3.8, 4) is 0 Å². The summed E-state index contributed by atoms with van der Waals surface area (Å²) in [7, 11) is 1.00. The molecule has 11 heavy (non-hydrogen) atoms. The summed E-state index contributed by atoms with van der Waals surface area (Å²) in [6.45, 7) is 0.224. The lowest BCUT2D eigenvalue weighted by molar-refractivity contribution is -0.178. The van der Waals surface area contributed by atoms with Crippen LogP contribution in [0.15, 0.2) is 0 Å². The van der Waals surface area contributed by atoms with Gasteiger partial charge in [0.2, 0.25) is 0 Å². The van der Waals surface area contributed by atoms with Gasteiger partial charge in [-0.1, -0.05) is 5.64 Å². The van der Waals surface area contributed by atoms with Gasteiger partial charge in [-0.05, 0) is 0 Å². The molecule has 0 heterocycles. The summed E-state index contributed by atoms with van der Waals surface area (Å²) in [6, 6.07) is 0. The van der Waals surface area contributed by atoms with Crippen molar-refractivity contribution < 1.29 is 24.9 Å². The van der Waals surface area contributed by atoms with Crippen LogP contribution in [0.3, 0.4) is 0 Å². The van der Waals surface area contributed by atoms with E-state index in [1.54, 1.807) is 0 Å². The first-order valence-electron chi connectivity index (χ1n) is 3.07. The van der Waals surface area contributed by atoms with Crippen LogP contribution in [0, 0.1) is 0 Å². The molecule has 0 unspecified atom stereocenters. The summed E-state index contributed by atoms with van der Waals surface area (Å²) >= 11 is 0. The highest BCUT2D eigenvalue weighted by atomic mass is 16.9. The largest absolute Gasteiger partial charge is 0.458 e. The molecule has 0 aromatic rings. The zero-order valence-corrected chi connectivity index (χ0v) is 6.49. The molecule has 0 radical (unpaired) electrons. The monoisotopic (exact) mass is 167 g/mol. The summed E-state index contributed by atoms with van der Waals surface area (Å²) in [4.78, 5) is 8.90. The van der Waals surface area contributed by atoms with Crippen LogP contribution in [0.25, 0.3) is 0 Å². The Kier molecular flexibility index (Phi) is 20.0. The molecule has 6 nitrogen and oxygen atoms in total. The van der Waals surface area contributed by atoms with Crippen LogP contribution in [0.1, 0.15) is 0 Å². The quantitative estimate of drug-likeness (QED) is 0.191. The Bertz CT molecular complexity index is 51.7. The molecule has 0 rings (SSSR count). The molecule has 7 heteroatoms. The van der Waals surface area contributed by atoms with E-state index in [-0.39, 0.29) is 26.4 Å². The molecule has 0 aliphatic rings. The zero-order valence-electron chi connectivity index (χ0n) is 6.49. The van der Waals surface area contributed by atoms with Crippen LogP contribution in [-0.2, 0) is 9.68 Å². The van der Waals surface area contributed by atoms with Crippen LogP contribution in [0.2, 0.25) is 0 Å². The van der Waals surface area contributed by atoms with Gasteiger partial charge in [-0.3, -0.25) is 9.68 Å². The van der Waals surface area contributed by atoms with E-state index in [0.29, 0.717) is 0 Å². The van der Waals surface area contributed by atoms with Crippen molar-refractivity contribution in [3.63, 3.8) is 0 Å². The molecule has 0 saturated carbocycles. The highest BCUT2D eigenvalue weighted by Crippen LogP contribution is 1.67. The van der Waals surface area contributed by atoms with Crippen LogP contribution in [0.5, 0.6) is 0 Å². The van der Waals surface area contributed by atoms with Gasteiger partial charge in [0.05, 0.1) is 26.4 Å². The van der Waals surface area contributed by atoms with Gasteiger partial charge in [0.15, 0.2) is 0 Å². The highest BCUT2D eigenvalue weighted by molar-refractivity contribution is 5.95. The third-order valence-corrected chi connectivity index (χ3v) is 0.505. The second kappa shape index (κ2) is 16.4. The van der Waals surface area contributed by atoms with Crippen LogP contribution >= 0.6 is 0 Å². The average molecular weight is 167 g/mol. The van der Waals surface area contributed by atoms with Crippen LogP contribution in [-0.4, -0.2) is 49.7 Å². The lowest BCUT2D eigenvalue weighted by Crippen LogP contribution is -2.19. The minimum atomic E-state index is -0.0600. The Morgan fingerprint density at radius 3 is 1.64 bits per heavy atom. The van der Waals surface area contributed by atoms with Gasteiger partial charge in [0.1, 0.15) is 0 Å². The first-order valence-corrected chi connectivity index (χ1v) is 3.07.